The Bertz CT molecular complexity index is 856. The SMILES string of the molecule is N#Cc1ccc(F)c(COC(=O)c2ccc(N3CCCC3=O)cc2)c1. The lowest BCUT2D eigenvalue weighted by molar-refractivity contribution is -0.117. The number of carbonyl (C=O) groups is 2. The summed E-state index contributed by atoms with van der Waals surface area (Å²) in [5, 5.41) is 8.83. The highest BCUT2D eigenvalue weighted by Crippen LogP contribution is 2.22. The third-order valence-corrected chi connectivity index (χ3v) is 4.02. The first-order chi connectivity index (χ1) is 12.1. The Kier molecular flexibility index (Phi) is 4.75. The number of hydrogen-bond donors (Lipinski definition) is 0. The van der Waals surface area contributed by atoms with Crippen LogP contribution in [0, 0.1) is 17.1 Å². The number of halogens is 1. The van der Waals surface area contributed by atoms with E-state index in [0.29, 0.717) is 24.1 Å². The summed E-state index contributed by atoms with van der Waals surface area (Å²) in [6.07, 6.45) is 1.37. The van der Waals surface area contributed by atoms with Crippen LogP contribution in [0.1, 0.15) is 34.3 Å². The van der Waals surface area contributed by atoms with Crippen molar-refractivity contribution in [3.63, 3.8) is 0 Å². The standard InChI is InChI=1S/C19H15FN2O3/c20-17-8-3-13(11-21)10-15(17)12-25-19(24)14-4-6-16(7-5-14)22-9-1-2-18(22)23/h3-8,10H,1-2,9,12H2. The molecule has 0 atom stereocenters. The summed E-state index contributed by atoms with van der Waals surface area (Å²) in [5.74, 6) is -1.06. The number of nitrogens with zero attached hydrogens (tertiary/aromatic N) is 2. The highest BCUT2D eigenvalue weighted by atomic mass is 19.1. The summed E-state index contributed by atoms with van der Waals surface area (Å²) < 4.78 is 18.8. The molecule has 0 N–H and O–H groups in total. The second kappa shape index (κ2) is 7.14. The molecule has 0 aliphatic carbocycles. The van der Waals surface area contributed by atoms with E-state index in [4.69, 9.17) is 10.00 Å². The van der Waals surface area contributed by atoms with Gasteiger partial charge in [-0.15, -0.1) is 0 Å². The van der Waals surface area contributed by atoms with Gasteiger partial charge in [0.25, 0.3) is 0 Å². The molecule has 6 heteroatoms. The van der Waals surface area contributed by atoms with Crippen molar-refractivity contribution in [1.29, 1.82) is 5.26 Å². The van der Waals surface area contributed by atoms with Crippen LogP contribution in [-0.4, -0.2) is 18.4 Å². The van der Waals surface area contributed by atoms with Crippen molar-refractivity contribution >= 4 is 17.6 Å². The van der Waals surface area contributed by atoms with E-state index in [9.17, 15) is 14.0 Å². The topological polar surface area (TPSA) is 70.4 Å². The van der Waals surface area contributed by atoms with Crippen LogP contribution < -0.4 is 4.90 Å². The maximum atomic E-state index is 13.7. The number of rotatable bonds is 4. The Labute approximate surface area is 144 Å². The van der Waals surface area contributed by atoms with Crippen molar-refractivity contribution in [1.82, 2.24) is 0 Å². The van der Waals surface area contributed by atoms with E-state index in [1.165, 1.54) is 18.2 Å². The number of carbonyl (C=O) groups excluding carboxylic acids is 2. The number of nitriles is 1. The van der Waals surface area contributed by atoms with Gasteiger partial charge in [0.1, 0.15) is 12.4 Å². The van der Waals surface area contributed by atoms with Crippen molar-refractivity contribution < 1.29 is 18.7 Å². The van der Waals surface area contributed by atoms with Crippen LogP contribution in [0.15, 0.2) is 42.5 Å². The first-order valence-corrected chi connectivity index (χ1v) is 7.84. The van der Waals surface area contributed by atoms with Crippen LogP contribution in [0.3, 0.4) is 0 Å². The molecule has 1 aliphatic heterocycles. The average Bonchev–Trinajstić information content (AvgIpc) is 3.07. The molecule has 0 aromatic heterocycles. The smallest absolute Gasteiger partial charge is 0.338 e. The predicted molar refractivity (Wildman–Crippen MR) is 88.3 cm³/mol. The van der Waals surface area contributed by atoms with Crippen molar-refractivity contribution in [3.05, 3.63) is 65.0 Å². The normalized spacial score (nSPS) is 13.6. The van der Waals surface area contributed by atoms with E-state index in [1.54, 1.807) is 29.2 Å². The highest BCUT2D eigenvalue weighted by molar-refractivity contribution is 5.96. The van der Waals surface area contributed by atoms with Gasteiger partial charge >= 0.3 is 5.97 Å². The van der Waals surface area contributed by atoms with Crippen LogP contribution in [0.4, 0.5) is 10.1 Å². The maximum Gasteiger partial charge on any atom is 0.338 e. The van der Waals surface area contributed by atoms with Crippen LogP contribution in [0.2, 0.25) is 0 Å². The predicted octanol–water partition coefficient (Wildman–Crippen LogP) is 3.18. The molecular formula is C19H15FN2O3. The Morgan fingerprint density at radius 1 is 1.24 bits per heavy atom. The van der Waals surface area contributed by atoms with E-state index in [-0.39, 0.29) is 18.1 Å². The quantitative estimate of drug-likeness (QED) is 0.803. The summed E-state index contributed by atoms with van der Waals surface area (Å²) in [4.78, 5) is 25.5. The van der Waals surface area contributed by atoms with Crippen molar-refractivity contribution in [2.45, 2.75) is 19.4 Å². The maximum absolute atomic E-state index is 13.7. The fourth-order valence-electron chi connectivity index (χ4n) is 2.68. The van der Waals surface area contributed by atoms with Gasteiger partial charge in [0.05, 0.1) is 17.2 Å². The van der Waals surface area contributed by atoms with Crippen LogP contribution >= 0.6 is 0 Å². The summed E-state index contributed by atoms with van der Waals surface area (Å²) in [6.45, 7) is 0.420. The molecule has 25 heavy (non-hydrogen) atoms. The zero-order valence-electron chi connectivity index (χ0n) is 13.4. The van der Waals surface area contributed by atoms with E-state index in [2.05, 4.69) is 0 Å². The Morgan fingerprint density at radius 3 is 2.64 bits per heavy atom. The first-order valence-electron chi connectivity index (χ1n) is 7.84. The van der Waals surface area contributed by atoms with E-state index in [0.717, 1.165) is 12.1 Å². The molecule has 0 radical (unpaired) electrons. The van der Waals surface area contributed by atoms with Crippen molar-refractivity contribution in [2.75, 3.05) is 11.4 Å². The summed E-state index contributed by atoms with van der Waals surface area (Å²) in [6, 6.07) is 12.3. The highest BCUT2D eigenvalue weighted by Gasteiger charge is 2.21. The van der Waals surface area contributed by atoms with Gasteiger partial charge in [-0.25, -0.2) is 9.18 Å². The minimum atomic E-state index is -0.596. The molecule has 3 rings (SSSR count). The summed E-state index contributed by atoms with van der Waals surface area (Å²) >= 11 is 0. The van der Waals surface area contributed by atoms with Gasteiger partial charge < -0.3 is 9.64 Å². The molecule has 1 fully saturated rings. The number of anilines is 1. The molecule has 0 saturated carbocycles. The summed E-state index contributed by atoms with van der Waals surface area (Å²) in [7, 11) is 0. The van der Waals surface area contributed by atoms with Gasteiger partial charge in [0, 0.05) is 24.2 Å². The van der Waals surface area contributed by atoms with Crippen LogP contribution in [0.25, 0.3) is 0 Å². The lowest BCUT2D eigenvalue weighted by atomic mass is 10.1. The molecular weight excluding hydrogens is 323 g/mol. The molecule has 5 nitrogen and oxygen atoms in total. The molecule has 1 heterocycles. The Balaban J connectivity index is 1.66. The zero-order chi connectivity index (χ0) is 17.8. The largest absolute Gasteiger partial charge is 0.457 e. The van der Waals surface area contributed by atoms with E-state index >= 15 is 0 Å². The molecule has 0 unspecified atom stereocenters. The monoisotopic (exact) mass is 338 g/mol. The van der Waals surface area contributed by atoms with Crippen molar-refractivity contribution in [3.8, 4) is 6.07 Å². The molecule has 1 aliphatic rings. The molecule has 1 amide bonds. The average molecular weight is 338 g/mol. The molecule has 2 aromatic rings. The number of amides is 1. The van der Waals surface area contributed by atoms with Gasteiger partial charge in [-0.05, 0) is 48.9 Å². The number of ether oxygens (including phenoxy) is 1. The fourth-order valence-corrected chi connectivity index (χ4v) is 2.68. The van der Waals surface area contributed by atoms with Gasteiger partial charge in [-0.3, -0.25) is 4.79 Å². The minimum absolute atomic E-state index is 0.0724. The molecule has 0 bridgehead atoms. The van der Waals surface area contributed by atoms with Gasteiger partial charge in [0.2, 0.25) is 5.91 Å². The number of esters is 1. The number of hydrogen-bond acceptors (Lipinski definition) is 4. The fraction of sp³-hybridized carbons (Fsp3) is 0.211. The Hall–Kier alpha value is -3.20. The summed E-state index contributed by atoms with van der Waals surface area (Å²) in [5.41, 5.74) is 1.50. The Morgan fingerprint density at radius 2 is 2.00 bits per heavy atom. The third kappa shape index (κ3) is 3.66. The zero-order valence-corrected chi connectivity index (χ0v) is 13.4. The van der Waals surface area contributed by atoms with Crippen LogP contribution in [-0.2, 0) is 16.1 Å². The molecule has 1 saturated heterocycles. The number of benzene rings is 2. The first kappa shape index (κ1) is 16.7. The molecule has 0 spiro atoms. The molecule has 2 aromatic carbocycles. The van der Waals surface area contributed by atoms with E-state index < -0.39 is 11.8 Å². The molecule has 126 valence electrons. The van der Waals surface area contributed by atoms with Crippen molar-refractivity contribution in [2.24, 2.45) is 0 Å². The lowest BCUT2D eigenvalue weighted by Gasteiger charge is -2.15. The second-order valence-corrected chi connectivity index (χ2v) is 5.69. The lowest BCUT2D eigenvalue weighted by Crippen LogP contribution is -2.23. The third-order valence-electron chi connectivity index (χ3n) is 4.02. The van der Waals surface area contributed by atoms with E-state index in [1.807, 2.05) is 6.07 Å². The second-order valence-electron chi connectivity index (χ2n) is 5.69. The van der Waals surface area contributed by atoms with Gasteiger partial charge in [0.15, 0.2) is 0 Å². The minimum Gasteiger partial charge on any atom is -0.457 e. The van der Waals surface area contributed by atoms with Crippen LogP contribution in [0.5, 0.6) is 0 Å². The van der Waals surface area contributed by atoms with Gasteiger partial charge in [-0.1, -0.05) is 0 Å². The van der Waals surface area contributed by atoms with Gasteiger partial charge in [-0.2, -0.15) is 5.26 Å².